The number of halogens is 1. The lowest BCUT2D eigenvalue weighted by atomic mass is 10.1. The molecule has 0 amide bonds. The first-order chi connectivity index (χ1) is 7.72. The van der Waals surface area contributed by atoms with Gasteiger partial charge >= 0.3 is 0 Å². The topological polar surface area (TPSA) is 42.4 Å². The Kier molecular flexibility index (Phi) is 4.35. The van der Waals surface area contributed by atoms with Crippen molar-refractivity contribution in [1.82, 2.24) is 4.90 Å². The van der Waals surface area contributed by atoms with Crippen molar-refractivity contribution in [3.05, 3.63) is 22.6 Å². The fourth-order valence-electron chi connectivity index (χ4n) is 2.09. The van der Waals surface area contributed by atoms with E-state index in [0.29, 0.717) is 11.8 Å². The molecular weight excluding hydrogens is 288 g/mol. The van der Waals surface area contributed by atoms with Gasteiger partial charge in [-0.15, -0.1) is 0 Å². The summed E-state index contributed by atoms with van der Waals surface area (Å²) >= 11 is 5.53. The van der Waals surface area contributed by atoms with Crippen LogP contribution in [0.5, 0.6) is 0 Å². The number of rotatable bonds is 3. The fraction of sp³-hybridized carbons (Fsp3) is 0.636. The highest BCUT2D eigenvalue weighted by atomic mass is 79.9. The quantitative estimate of drug-likeness (QED) is 0.931. The molecule has 0 aromatic carbocycles. The number of hydrogen-bond donors (Lipinski definition) is 1. The molecule has 1 fully saturated rings. The minimum Gasteiger partial charge on any atom is -0.466 e. The Hall–Kier alpha value is 0.0300. The van der Waals surface area contributed by atoms with E-state index in [0.717, 1.165) is 23.3 Å². The van der Waals surface area contributed by atoms with Crippen molar-refractivity contribution in [2.75, 3.05) is 25.4 Å². The van der Waals surface area contributed by atoms with Crippen molar-refractivity contribution in [2.45, 2.75) is 18.2 Å². The number of nitrogens with zero attached hydrogens (tertiary/aromatic N) is 1. The standard InChI is InChI=1S/C11H17BrN2OS/c1-8-7-14(3-5-16-8)10(6-13)11-9(12)2-4-15-11/h2,4,8,10H,3,5-7,13H2,1H3. The van der Waals surface area contributed by atoms with E-state index in [-0.39, 0.29) is 6.04 Å². The largest absolute Gasteiger partial charge is 0.466 e. The fourth-order valence-corrected chi connectivity index (χ4v) is 3.60. The van der Waals surface area contributed by atoms with Crippen LogP contribution in [0.15, 0.2) is 21.2 Å². The summed E-state index contributed by atoms with van der Waals surface area (Å²) in [5, 5.41) is 0.677. The third kappa shape index (κ3) is 2.64. The van der Waals surface area contributed by atoms with E-state index in [1.165, 1.54) is 5.75 Å². The second-order valence-electron chi connectivity index (χ2n) is 4.06. The van der Waals surface area contributed by atoms with Crippen LogP contribution in [0.3, 0.4) is 0 Å². The van der Waals surface area contributed by atoms with Crippen LogP contribution in [0.25, 0.3) is 0 Å². The average molecular weight is 305 g/mol. The third-order valence-corrected chi connectivity index (χ3v) is 4.68. The van der Waals surface area contributed by atoms with E-state index in [4.69, 9.17) is 10.2 Å². The molecule has 2 N–H and O–H groups in total. The van der Waals surface area contributed by atoms with Gasteiger partial charge in [0, 0.05) is 30.6 Å². The second-order valence-corrected chi connectivity index (χ2v) is 6.46. The maximum Gasteiger partial charge on any atom is 0.136 e. The first-order valence-corrected chi connectivity index (χ1v) is 7.35. The highest BCUT2D eigenvalue weighted by Crippen LogP contribution is 2.31. The van der Waals surface area contributed by atoms with Crippen LogP contribution in [0.1, 0.15) is 18.7 Å². The van der Waals surface area contributed by atoms with E-state index >= 15 is 0 Å². The van der Waals surface area contributed by atoms with Gasteiger partial charge in [0.2, 0.25) is 0 Å². The van der Waals surface area contributed by atoms with Gasteiger partial charge in [-0.2, -0.15) is 11.8 Å². The molecule has 0 aliphatic carbocycles. The van der Waals surface area contributed by atoms with E-state index in [2.05, 4.69) is 27.8 Å². The van der Waals surface area contributed by atoms with Crippen LogP contribution in [0.2, 0.25) is 0 Å². The van der Waals surface area contributed by atoms with E-state index in [9.17, 15) is 0 Å². The van der Waals surface area contributed by atoms with Gasteiger partial charge in [0.05, 0.1) is 16.8 Å². The predicted molar refractivity (Wildman–Crippen MR) is 71.7 cm³/mol. The SMILES string of the molecule is CC1CN(C(CN)c2occc2Br)CCS1. The van der Waals surface area contributed by atoms with Gasteiger partial charge in [-0.25, -0.2) is 0 Å². The highest BCUT2D eigenvalue weighted by molar-refractivity contribution is 9.10. The monoisotopic (exact) mass is 304 g/mol. The van der Waals surface area contributed by atoms with Crippen molar-refractivity contribution in [3.63, 3.8) is 0 Å². The number of hydrogen-bond acceptors (Lipinski definition) is 4. The van der Waals surface area contributed by atoms with Gasteiger partial charge in [0.1, 0.15) is 5.76 Å². The Morgan fingerprint density at radius 2 is 2.56 bits per heavy atom. The Balaban J connectivity index is 2.13. The summed E-state index contributed by atoms with van der Waals surface area (Å²) in [6, 6.07) is 2.13. The van der Waals surface area contributed by atoms with Crippen LogP contribution in [-0.4, -0.2) is 35.5 Å². The minimum atomic E-state index is 0.202. The predicted octanol–water partition coefficient (Wildman–Crippen LogP) is 2.48. The summed E-state index contributed by atoms with van der Waals surface area (Å²) in [4.78, 5) is 2.42. The lowest BCUT2D eigenvalue weighted by Crippen LogP contribution is -2.42. The number of thioether (sulfide) groups is 1. The first-order valence-electron chi connectivity index (χ1n) is 5.51. The molecule has 1 saturated heterocycles. The summed E-state index contributed by atoms with van der Waals surface area (Å²) in [6.45, 7) is 5.04. The molecular formula is C11H17BrN2OS. The lowest BCUT2D eigenvalue weighted by molar-refractivity contribution is 0.186. The van der Waals surface area contributed by atoms with E-state index < -0.39 is 0 Å². The molecule has 2 unspecified atom stereocenters. The molecule has 1 aliphatic heterocycles. The van der Waals surface area contributed by atoms with Crippen molar-refractivity contribution >= 4 is 27.7 Å². The van der Waals surface area contributed by atoms with E-state index in [1.54, 1.807) is 6.26 Å². The zero-order valence-electron chi connectivity index (χ0n) is 9.36. The van der Waals surface area contributed by atoms with Gasteiger partial charge in [0.15, 0.2) is 0 Å². The molecule has 1 aromatic rings. The molecule has 90 valence electrons. The molecule has 0 spiro atoms. The summed E-state index contributed by atoms with van der Waals surface area (Å²) < 4.78 is 6.55. The minimum absolute atomic E-state index is 0.202. The molecule has 16 heavy (non-hydrogen) atoms. The smallest absolute Gasteiger partial charge is 0.136 e. The summed E-state index contributed by atoms with van der Waals surface area (Å²) in [6.07, 6.45) is 1.71. The van der Waals surface area contributed by atoms with Crippen molar-refractivity contribution in [1.29, 1.82) is 0 Å². The Bertz CT molecular complexity index is 344. The first kappa shape index (κ1) is 12.5. The Labute approximate surface area is 109 Å². The molecule has 0 saturated carbocycles. The molecule has 1 aromatic heterocycles. The van der Waals surface area contributed by atoms with Gasteiger partial charge in [0.25, 0.3) is 0 Å². The Morgan fingerprint density at radius 3 is 3.12 bits per heavy atom. The molecule has 0 bridgehead atoms. The molecule has 2 rings (SSSR count). The van der Waals surface area contributed by atoms with Crippen molar-refractivity contribution in [2.24, 2.45) is 5.73 Å². The van der Waals surface area contributed by atoms with Crippen LogP contribution in [0, 0.1) is 0 Å². The van der Waals surface area contributed by atoms with Crippen LogP contribution >= 0.6 is 27.7 Å². The Morgan fingerprint density at radius 1 is 1.75 bits per heavy atom. The van der Waals surface area contributed by atoms with Crippen molar-refractivity contribution < 1.29 is 4.42 Å². The number of nitrogens with two attached hydrogens (primary N) is 1. The maximum atomic E-state index is 5.88. The normalized spacial score (nSPS) is 24.6. The molecule has 1 aliphatic rings. The summed E-state index contributed by atoms with van der Waals surface area (Å²) in [5.41, 5.74) is 5.88. The molecule has 3 nitrogen and oxygen atoms in total. The van der Waals surface area contributed by atoms with Crippen LogP contribution in [0.4, 0.5) is 0 Å². The van der Waals surface area contributed by atoms with Crippen LogP contribution < -0.4 is 5.73 Å². The summed E-state index contributed by atoms with van der Waals surface area (Å²) in [7, 11) is 0. The van der Waals surface area contributed by atoms with Gasteiger partial charge < -0.3 is 10.2 Å². The zero-order chi connectivity index (χ0) is 11.5. The second kappa shape index (κ2) is 5.58. The number of furan rings is 1. The third-order valence-electron chi connectivity index (χ3n) is 2.88. The molecule has 5 heteroatoms. The molecule has 2 heterocycles. The lowest BCUT2D eigenvalue weighted by Gasteiger charge is -2.35. The highest BCUT2D eigenvalue weighted by Gasteiger charge is 2.27. The van der Waals surface area contributed by atoms with Gasteiger partial charge in [-0.05, 0) is 22.0 Å². The molecule has 2 atom stereocenters. The average Bonchev–Trinajstić information content (AvgIpc) is 2.67. The maximum absolute atomic E-state index is 5.88. The molecule has 0 radical (unpaired) electrons. The van der Waals surface area contributed by atoms with E-state index in [1.807, 2.05) is 17.8 Å². The zero-order valence-corrected chi connectivity index (χ0v) is 11.8. The van der Waals surface area contributed by atoms with Crippen molar-refractivity contribution in [3.8, 4) is 0 Å². The summed E-state index contributed by atoms with van der Waals surface area (Å²) in [5.74, 6) is 2.14. The van der Waals surface area contributed by atoms with Gasteiger partial charge in [-0.1, -0.05) is 6.92 Å². The van der Waals surface area contributed by atoms with Gasteiger partial charge in [-0.3, -0.25) is 4.90 Å². The van der Waals surface area contributed by atoms with Crippen LogP contribution in [-0.2, 0) is 0 Å².